The summed E-state index contributed by atoms with van der Waals surface area (Å²) < 4.78 is 4.45. The van der Waals surface area contributed by atoms with Crippen molar-refractivity contribution in [2.45, 2.75) is 27.3 Å². The van der Waals surface area contributed by atoms with Crippen molar-refractivity contribution in [2.24, 2.45) is 0 Å². The topological polar surface area (TPSA) is 32.3 Å². The number of rotatable bonds is 3. The fourth-order valence-electron chi connectivity index (χ4n) is 2.78. The van der Waals surface area contributed by atoms with E-state index in [1.165, 1.54) is 21.7 Å². The Balaban J connectivity index is 1.60. The van der Waals surface area contributed by atoms with Gasteiger partial charge in [0.1, 0.15) is 5.82 Å². The van der Waals surface area contributed by atoms with Crippen LogP contribution < -0.4 is 4.90 Å². The van der Waals surface area contributed by atoms with Gasteiger partial charge in [0.25, 0.3) is 0 Å². The summed E-state index contributed by atoms with van der Waals surface area (Å²) in [6, 6.07) is 4.22. The van der Waals surface area contributed by atoms with E-state index in [2.05, 4.69) is 52.1 Å². The number of aryl methyl sites for hydroxylation is 3. The summed E-state index contributed by atoms with van der Waals surface area (Å²) >= 11 is 1.62. The van der Waals surface area contributed by atoms with Crippen LogP contribution in [0.25, 0.3) is 0 Å². The molecule has 3 rings (SSSR count). The van der Waals surface area contributed by atoms with Crippen molar-refractivity contribution in [3.05, 3.63) is 40.0 Å². The van der Waals surface area contributed by atoms with Crippen LogP contribution in [0.5, 0.6) is 0 Å². The van der Waals surface area contributed by atoms with Crippen LogP contribution in [-0.2, 0) is 6.54 Å². The van der Waals surface area contributed by atoms with E-state index in [9.17, 15) is 0 Å². The zero-order chi connectivity index (χ0) is 14.8. The molecule has 5 heteroatoms. The van der Waals surface area contributed by atoms with Gasteiger partial charge in [-0.2, -0.15) is 4.37 Å². The van der Waals surface area contributed by atoms with E-state index in [1.807, 2.05) is 6.20 Å². The smallest absolute Gasteiger partial charge is 0.128 e. The minimum atomic E-state index is 1.03. The van der Waals surface area contributed by atoms with Gasteiger partial charge < -0.3 is 4.90 Å². The molecule has 2 aromatic rings. The van der Waals surface area contributed by atoms with E-state index in [0.29, 0.717) is 0 Å². The van der Waals surface area contributed by atoms with Gasteiger partial charge in [-0.15, -0.1) is 0 Å². The van der Waals surface area contributed by atoms with Crippen LogP contribution in [0.3, 0.4) is 0 Å². The lowest BCUT2D eigenvalue weighted by Crippen LogP contribution is -2.46. The van der Waals surface area contributed by atoms with E-state index >= 15 is 0 Å². The maximum atomic E-state index is 4.49. The molecule has 3 heterocycles. The van der Waals surface area contributed by atoms with Crippen molar-refractivity contribution >= 4 is 17.4 Å². The van der Waals surface area contributed by atoms with Crippen LogP contribution in [0.2, 0.25) is 0 Å². The van der Waals surface area contributed by atoms with Gasteiger partial charge in [0.05, 0.1) is 5.69 Å². The van der Waals surface area contributed by atoms with Crippen LogP contribution >= 0.6 is 11.5 Å². The lowest BCUT2D eigenvalue weighted by Gasteiger charge is -2.35. The van der Waals surface area contributed by atoms with E-state index in [0.717, 1.165) is 38.5 Å². The first kappa shape index (κ1) is 14.5. The molecule has 0 unspecified atom stereocenters. The number of nitrogens with zero attached hydrogens (tertiary/aromatic N) is 4. The molecule has 0 spiro atoms. The number of hydrogen-bond donors (Lipinski definition) is 0. The molecule has 0 amide bonds. The number of pyridine rings is 1. The zero-order valence-corrected chi connectivity index (χ0v) is 13.8. The van der Waals surface area contributed by atoms with Crippen molar-refractivity contribution in [3.8, 4) is 0 Å². The lowest BCUT2D eigenvalue weighted by atomic mass is 10.2. The third-order valence-electron chi connectivity index (χ3n) is 4.16. The van der Waals surface area contributed by atoms with Crippen LogP contribution in [0.15, 0.2) is 18.3 Å². The minimum Gasteiger partial charge on any atom is -0.354 e. The number of anilines is 1. The monoisotopic (exact) mass is 302 g/mol. The molecule has 1 aliphatic rings. The highest BCUT2D eigenvalue weighted by Crippen LogP contribution is 2.21. The maximum Gasteiger partial charge on any atom is 0.128 e. The number of hydrogen-bond acceptors (Lipinski definition) is 5. The first-order chi connectivity index (χ1) is 10.1. The van der Waals surface area contributed by atoms with Crippen LogP contribution in [0, 0.1) is 20.8 Å². The van der Waals surface area contributed by atoms with E-state index in [-0.39, 0.29) is 0 Å². The van der Waals surface area contributed by atoms with E-state index < -0.39 is 0 Å². The third-order valence-corrected chi connectivity index (χ3v) is 5.05. The van der Waals surface area contributed by atoms with Crippen molar-refractivity contribution in [1.29, 1.82) is 0 Å². The number of piperazine rings is 1. The normalized spacial score (nSPS) is 16.4. The summed E-state index contributed by atoms with van der Waals surface area (Å²) in [7, 11) is 0. The Morgan fingerprint density at radius 1 is 1.14 bits per heavy atom. The molecule has 0 aromatic carbocycles. The predicted octanol–water partition coefficient (Wildman–Crippen LogP) is 2.79. The van der Waals surface area contributed by atoms with Gasteiger partial charge in [-0.1, -0.05) is 0 Å². The second kappa shape index (κ2) is 6.12. The van der Waals surface area contributed by atoms with Gasteiger partial charge >= 0.3 is 0 Å². The summed E-state index contributed by atoms with van der Waals surface area (Å²) in [5.74, 6) is 1.11. The summed E-state index contributed by atoms with van der Waals surface area (Å²) in [6.07, 6.45) is 1.90. The first-order valence-corrected chi connectivity index (χ1v) is 8.22. The molecule has 0 aliphatic carbocycles. The van der Waals surface area contributed by atoms with Crippen LogP contribution in [0.1, 0.15) is 21.7 Å². The lowest BCUT2D eigenvalue weighted by molar-refractivity contribution is 0.248. The fourth-order valence-corrected chi connectivity index (χ4v) is 3.49. The van der Waals surface area contributed by atoms with Gasteiger partial charge in [-0.05, 0) is 50.0 Å². The highest BCUT2D eigenvalue weighted by molar-refractivity contribution is 7.05. The largest absolute Gasteiger partial charge is 0.354 e. The van der Waals surface area contributed by atoms with E-state index in [4.69, 9.17) is 0 Å². The molecule has 2 aromatic heterocycles. The highest BCUT2D eigenvalue weighted by atomic mass is 32.1. The Morgan fingerprint density at radius 2 is 1.90 bits per heavy atom. The van der Waals surface area contributed by atoms with E-state index in [1.54, 1.807) is 11.5 Å². The second-order valence-corrected chi connectivity index (χ2v) is 6.73. The molecule has 1 saturated heterocycles. The molecular formula is C16H22N4S. The molecule has 4 nitrogen and oxygen atoms in total. The molecule has 0 radical (unpaired) electrons. The van der Waals surface area contributed by atoms with Gasteiger partial charge in [-0.25, -0.2) is 4.98 Å². The quantitative estimate of drug-likeness (QED) is 0.873. The number of aromatic nitrogens is 2. The third kappa shape index (κ3) is 3.24. The molecule has 21 heavy (non-hydrogen) atoms. The Kier molecular flexibility index (Phi) is 4.22. The Hall–Kier alpha value is -1.46. The second-order valence-electron chi connectivity index (χ2n) is 5.76. The molecule has 112 valence electrons. The van der Waals surface area contributed by atoms with Crippen molar-refractivity contribution < 1.29 is 0 Å². The zero-order valence-electron chi connectivity index (χ0n) is 13.0. The Morgan fingerprint density at radius 3 is 2.52 bits per heavy atom. The average Bonchev–Trinajstić information content (AvgIpc) is 2.80. The standard InChI is InChI=1S/C16H22N4S/c1-12-4-5-17-16(10-12)20-8-6-19(7-9-20)11-15-13(2)18-21-14(15)3/h4-5,10H,6-9,11H2,1-3H3. The molecule has 1 aliphatic heterocycles. The first-order valence-electron chi connectivity index (χ1n) is 7.45. The SMILES string of the molecule is Cc1ccnc(N2CCN(Cc3c(C)nsc3C)CC2)c1. The molecule has 0 atom stereocenters. The summed E-state index contributed by atoms with van der Waals surface area (Å²) in [5.41, 5.74) is 3.89. The van der Waals surface area contributed by atoms with Crippen LogP contribution in [0.4, 0.5) is 5.82 Å². The Bertz CT molecular complexity index is 595. The van der Waals surface area contributed by atoms with Gasteiger partial charge in [-0.3, -0.25) is 4.90 Å². The van der Waals surface area contributed by atoms with Gasteiger partial charge in [0.15, 0.2) is 0 Å². The minimum absolute atomic E-state index is 1.03. The molecular weight excluding hydrogens is 280 g/mol. The molecule has 0 bridgehead atoms. The van der Waals surface area contributed by atoms with Gasteiger partial charge in [0.2, 0.25) is 0 Å². The van der Waals surface area contributed by atoms with Crippen molar-refractivity contribution in [2.75, 3.05) is 31.1 Å². The summed E-state index contributed by atoms with van der Waals surface area (Å²) in [5, 5.41) is 0. The summed E-state index contributed by atoms with van der Waals surface area (Å²) in [4.78, 5) is 10.8. The molecule has 0 N–H and O–H groups in total. The van der Waals surface area contributed by atoms with Gasteiger partial charge in [0, 0.05) is 49.4 Å². The van der Waals surface area contributed by atoms with Crippen molar-refractivity contribution in [1.82, 2.24) is 14.3 Å². The van der Waals surface area contributed by atoms with Crippen LogP contribution in [-0.4, -0.2) is 40.4 Å². The average molecular weight is 302 g/mol. The predicted molar refractivity (Wildman–Crippen MR) is 88.1 cm³/mol. The highest BCUT2D eigenvalue weighted by Gasteiger charge is 2.20. The molecule has 0 saturated carbocycles. The maximum absolute atomic E-state index is 4.49. The molecule has 1 fully saturated rings. The fraction of sp³-hybridized carbons (Fsp3) is 0.500. The summed E-state index contributed by atoms with van der Waals surface area (Å²) in [6.45, 7) is 11.7. The van der Waals surface area contributed by atoms with Crippen molar-refractivity contribution in [3.63, 3.8) is 0 Å². The Labute approximate surface area is 130 Å².